The van der Waals surface area contributed by atoms with Gasteiger partial charge in [-0.05, 0) is 93.6 Å². The van der Waals surface area contributed by atoms with Crippen molar-refractivity contribution >= 4 is 17.6 Å². The van der Waals surface area contributed by atoms with Gasteiger partial charge in [0.1, 0.15) is 17.3 Å². The number of fused-ring (bicyclic) bond motifs is 1. The molecule has 0 spiro atoms. The van der Waals surface area contributed by atoms with Crippen molar-refractivity contribution in [1.82, 2.24) is 0 Å². The summed E-state index contributed by atoms with van der Waals surface area (Å²) in [6, 6.07) is 19.1. The first-order valence-electron chi connectivity index (χ1n) is 11.8. The molecule has 1 heterocycles. The van der Waals surface area contributed by atoms with E-state index in [0.29, 0.717) is 11.5 Å². The Morgan fingerprint density at radius 3 is 2.33 bits per heavy atom. The Balaban J connectivity index is 1.54. The fraction of sp³-hybridized carbons (Fsp3) is 0.345. The van der Waals surface area contributed by atoms with E-state index in [2.05, 4.69) is 37.6 Å². The first-order valence-corrected chi connectivity index (χ1v) is 11.8. The van der Waals surface area contributed by atoms with Gasteiger partial charge in [0.25, 0.3) is 0 Å². The van der Waals surface area contributed by atoms with Crippen molar-refractivity contribution in [3.8, 4) is 11.5 Å². The van der Waals surface area contributed by atoms with Crippen LogP contribution in [0.5, 0.6) is 11.5 Å². The van der Waals surface area contributed by atoms with Crippen molar-refractivity contribution in [2.45, 2.75) is 58.9 Å². The Kier molecular flexibility index (Phi) is 6.55. The van der Waals surface area contributed by atoms with Gasteiger partial charge in [0.2, 0.25) is 0 Å². The molecule has 3 aromatic carbocycles. The average molecular weight is 445 g/mol. The number of halogens is 1. The van der Waals surface area contributed by atoms with Crippen molar-refractivity contribution < 1.29 is 9.13 Å². The second kappa shape index (κ2) is 9.38. The van der Waals surface area contributed by atoms with E-state index in [1.807, 2.05) is 61.5 Å². The molecule has 33 heavy (non-hydrogen) atoms. The number of benzene rings is 3. The Hall–Kier alpha value is -3.14. The summed E-state index contributed by atoms with van der Waals surface area (Å²) < 4.78 is 20.9. The summed E-state index contributed by atoms with van der Waals surface area (Å²) in [7, 11) is 0. The molecule has 3 nitrogen and oxygen atoms in total. The summed E-state index contributed by atoms with van der Waals surface area (Å²) in [4.78, 5) is 6.88. The number of aryl methyl sites for hydroxylation is 1. The van der Waals surface area contributed by atoms with Crippen molar-refractivity contribution in [3.05, 3.63) is 83.2 Å². The molecule has 1 aliphatic heterocycles. The molecular weight excluding hydrogens is 411 g/mol. The van der Waals surface area contributed by atoms with Crippen LogP contribution in [0.3, 0.4) is 0 Å². The quantitative estimate of drug-likeness (QED) is 0.358. The van der Waals surface area contributed by atoms with Crippen molar-refractivity contribution in [2.24, 2.45) is 4.99 Å². The molecule has 3 aromatic rings. The third kappa shape index (κ3) is 5.11. The smallest absolute Gasteiger partial charge is 0.134 e. The lowest BCUT2D eigenvalue weighted by molar-refractivity contribution is 0.375. The van der Waals surface area contributed by atoms with E-state index in [4.69, 9.17) is 4.74 Å². The Bertz CT molecular complexity index is 1130. The SMILES string of the molecule is CCCN1c2cc(F)c(C=Nc3ccc(Oc4ccc(C)cc4)cc3)cc2C(C)CC1(C)C. The van der Waals surface area contributed by atoms with Crippen LogP contribution in [0.15, 0.2) is 65.7 Å². The first kappa shape index (κ1) is 23.0. The van der Waals surface area contributed by atoms with Gasteiger partial charge in [-0.2, -0.15) is 0 Å². The Morgan fingerprint density at radius 2 is 1.70 bits per heavy atom. The minimum Gasteiger partial charge on any atom is -0.457 e. The number of hydrogen-bond donors (Lipinski definition) is 0. The lowest BCUT2D eigenvalue weighted by Crippen LogP contribution is -2.48. The fourth-order valence-electron chi connectivity index (χ4n) is 4.75. The average Bonchev–Trinajstić information content (AvgIpc) is 2.78. The van der Waals surface area contributed by atoms with E-state index in [0.717, 1.165) is 42.3 Å². The highest BCUT2D eigenvalue weighted by atomic mass is 19.1. The van der Waals surface area contributed by atoms with Crippen LogP contribution in [0.2, 0.25) is 0 Å². The van der Waals surface area contributed by atoms with Gasteiger partial charge >= 0.3 is 0 Å². The van der Waals surface area contributed by atoms with Crippen LogP contribution in [0.1, 0.15) is 63.1 Å². The highest BCUT2D eigenvalue weighted by Gasteiger charge is 2.36. The molecule has 0 saturated carbocycles. The van der Waals surface area contributed by atoms with E-state index in [1.165, 1.54) is 11.1 Å². The lowest BCUT2D eigenvalue weighted by Gasteiger charge is -2.47. The molecule has 4 rings (SSSR count). The second-order valence-corrected chi connectivity index (χ2v) is 9.67. The first-order chi connectivity index (χ1) is 15.8. The van der Waals surface area contributed by atoms with Crippen LogP contribution >= 0.6 is 0 Å². The molecule has 0 bridgehead atoms. The molecular formula is C29H33FN2O. The van der Waals surface area contributed by atoms with Gasteiger partial charge in [0.15, 0.2) is 0 Å². The second-order valence-electron chi connectivity index (χ2n) is 9.67. The summed E-state index contributed by atoms with van der Waals surface area (Å²) in [5.41, 5.74) is 4.72. The van der Waals surface area contributed by atoms with E-state index < -0.39 is 0 Å². The molecule has 0 aliphatic carbocycles. The molecule has 4 heteroatoms. The maximum atomic E-state index is 15.1. The normalized spacial score (nSPS) is 17.3. The predicted octanol–water partition coefficient (Wildman–Crippen LogP) is 8.18. The fourth-order valence-corrected chi connectivity index (χ4v) is 4.75. The van der Waals surface area contributed by atoms with Gasteiger partial charge in [-0.15, -0.1) is 0 Å². The monoisotopic (exact) mass is 444 g/mol. The third-order valence-electron chi connectivity index (χ3n) is 6.40. The van der Waals surface area contributed by atoms with Crippen molar-refractivity contribution in [2.75, 3.05) is 11.4 Å². The highest BCUT2D eigenvalue weighted by molar-refractivity contribution is 5.84. The molecule has 0 N–H and O–H groups in total. The van der Waals surface area contributed by atoms with Crippen LogP contribution in [0.4, 0.5) is 15.8 Å². The minimum absolute atomic E-state index is 0.0207. The number of nitrogens with zero attached hydrogens (tertiary/aromatic N) is 2. The number of hydrogen-bond acceptors (Lipinski definition) is 3. The van der Waals surface area contributed by atoms with Crippen molar-refractivity contribution in [1.29, 1.82) is 0 Å². The summed E-state index contributed by atoms with van der Waals surface area (Å²) in [5, 5.41) is 0. The molecule has 0 amide bonds. The summed E-state index contributed by atoms with van der Waals surface area (Å²) in [6.07, 6.45) is 3.71. The van der Waals surface area contributed by atoms with Crippen molar-refractivity contribution in [3.63, 3.8) is 0 Å². The van der Waals surface area contributed by atoms with Crippen LogP contribution < -0.4 is 9.64 Å². The topological polar surface area (TPSA) is 24.8 Å². The van der Waals surface area contributed by atoms with Crippen LogP contribution in [0, 0.1) is 12.7 Å². The number of aliphatic imine (C=N–C) groups is 1. The molecule has 0 radical (unpaired) electrons. The number of anilines is 1. The molecule has 1 atom stereocenters. The van der Waals surface area contributed by atoms with Gasteiger partial charge in [-0.1, -0.05) is 31.5 Å². The molecule has 0 aromatic heterocycles. The van der Waals surface area contributed by atoms with Crippen LogP contribution in [0.25, 0.3) is 0 Å². The van der Waals surface area contributed by atoms with E-state index in [9.17, 15) is 0 Å². The lowest BCUT2D eigenvalue weighted by atomic mass is 9.79. The van der Waals surface area contributed by atoms with Gasteiger partial charge < -0.3 is 9.64 Å². The number of ether oxygens (including phenoxy) is 1. The van der Waals surface area contributed by atoms with E-state index >= 15 is 4.39 Å². The molecule has 0 fully saturated rings. The standard InChI is InChI=1S/C29H33FN2O/c1-6-15-32-28-17-27(30)22(16-26(28)21(3)18-29(32,4)5)19-31-23-9-13-25(14-10-23)33-24-11-7-20(2)8-12-24/h7-14,16-17,19,21H,6,15,18H2,1-5H3. The molecule has 1 unspecified atom stereocenters. The van der Waals surface area contributed by atoms with Gasteiger partial charge in [0.05, 0.1) is 5.69 Å². The molecule has 0 saturated heterocycles. The number of rotatable bonds is 6. The highest BCUT2D eigenvalue weighted by Crippen LogP contribution is 2.44. The minimum atomic E-state index is -0.233. The zero-order chi connectivity index (χ0) is 23.6. The maximum Gasteiger partial charge on any atom is 0.134 e. The predicted molar refractivity (Wildman–Crippen MR) is 136 cm³/mol. The summed E-state index contributed by atoms with van der Waals surface area (Å²) >= 11 is 0. The van der Waals surface area contributed by atoms with Gasteiger partial charge in [-0.25, -0.2) is 4.39 Å². The van der Waals surface area contributed by atoms with Crippen LogP contribution in [-0.4, -0.2) is 18.3 Å². The van der Waals surface area contributed by atoms with Gasteiger partial charge in [0, 0.05) is 29.5 Å². The Morgan fingerprint density at radius 1 is 1.06 bits per heavy atom. The zero-order valence-corrected chi connectivity index (χ0v) is 20.2. The largest absolute Gasteiger partial charge is 0.457 e. The third-order valence-corrected chi connectivity index (χ3v) is 6.40. The molecule has 1 aliphatic rings. The zero-order valence-electron chi connectivity index (χ0n) is 20.2. The van der Waals surface area contributed by atoms with E-state index in [1.54, 1.807) is 12.3 Å². The summed E-state index contributed by atoms with van der Waals surface area (Å²) in [5.74, 6) is 1.67. The van der Waals surface area contributed by atoms with Gasteiger partial charge in [-0.3, -0.25) is 4.99 Å². The van der Waals surface area contributed by atoms with E-state index in [-0.39, 0.29) is 11.4 Å². The van der Waals surface area contributed by atoms with Crippen LogP contribution in [-0.2, 0) is 0 Å². The Labute approximate surface area is 196 Å². The molecule has 172 valence electrons. The summed E-state index contributed by atoms with van der Waals surface area (Å²) in [6.45, 7) is 11.9. The maximum absolute atomic E-state index is 15.1.